The topological polar surface area (TPSA) is 55.3 Å². The van der Waals surface area contributed by atoms with Gasteiger partial charge in [-0.15, -0.1) is 0 Å². The Labute approximate surface area is 105 Å². The fraction of sp³-hybridized carbons (Fsp3) is 0.583. The molecule has 0 amide bonds. The molecule has 0 bridgehead atoms. The maximum atomic E-state index is 14.2. The highest BCUT2D eigenvalue weighted by molar-refractivity contribution is 5.88. The van der Waals surface area contributed by atoms with Crippen LogP contribution in [0.4, 0.5) is 10.2 Å². The summed E-state index contributed by atoms with van der Waals surface area (Å²) in [6, 6.07) is 0. The van der Waals surface area contributed by atoms with Gasteiger partial charge in [0.15, 0.2) is 17.3 Å². The quantitative estimate of drug-likeness (QED) is 0.768. The van der Waals surface area contributed by atoms with Crippen LogP contribution in [0.2, 0.25) is 0 Å². The number of aromatic nitrogens is 2. The molecule has 5 nitrogen and oxygen atoms in total. The van der Waals surface area contributed by atoms with Crippen LogP contribution in [0, 0.1) is 5.82 Å². The van der Waals surface area contributed by atoms with Crippen molar-refractivity contribution in [1.29, 1.82) is 0 Å². The minimum Gasteiger partial charge on any atom is -0.461 e. The summed E-state index contributed by atoms with van der Waals surface area (Å²) in [4.78, 5) is 21.0. The van der Waals surface area contributed by atoms with Gasteiger partial charge >= 0.3 is 5.97 Å². The van der Waals surface area contributed by atoms with Gasteiger partial charge in [0.1, 0.15) is 6.33 Å². The molecule has 18 heavy (non-hydrogen) atoms. The zero-order valence-corrected chi connectivity index (χ0v) is 10.4. The van der Waals surface area contributed by atoms with Crippen LogP contribution in [0.15, 0.2) is 6.33 Å². The van der Waals surface area contributed by atoms with Crippen LogP contribution in [-0.2, 0) is 4.74 Å². The molecule has 1 saturated heterocycles. The van der Waals surface area contributed by atoms with Crippen molar-refractivity contribution in [2.45, 2.75) is 26.2 Å². The standard InChI is InChI=1S/C12H16FN3O2/c1-2-18-12(17)10-9(13)11(15-8-14-10)16-6-4-3-5-7-16/h8H,2-7H2,1H3. The van der Waals surface area contributed by atoms with Crippen LogP contribution in [-0.4, -0.2) is 35.6 Å². The number of anilines is 1. The Balaban J connectivity index is 2.26. The van der Waals surface area contributed by atoms with Gasteiger partial charge in [-0.05, 0) is 26.2 Å². The van der Waals surface area contributed by atoms with Gasteiger partial charge in [0.25, 0.3) is 0 Å². The fourth-order valence-electron chi connectivity index (χ4n) is 2.03. The molecule has 1 aliphatic rings. The van der Waals surface area contributed by atoms with Crippen LogP contribution in [0.3, 0.4) is 0 Å². The fourth-order valence-corrected chi connectivity index (χ4v) is 2.03. The molecule has 1 aromatic rings. The Kier molecular flexibility index (Phi) is 4.07. The van der Waals surface area contributed by atoms with Crippen LogP contribution in [0.1, 0.15) is 36.7 Å². The van der Waals surface area contributed by atoms with Crippen molar-refractivity contribution in [3.05, 3.63) is 17.8 Å². The normalized spacial score (nSPS) is 15.6. The van der Waals surface area contributed by atoms with Crippen LogP contribution in [0.25, 0.3) is 0 Å². The summed E-state index contributed by atoms with van der Waals surface area (Å²) >= 11 is 0. The third kappa shape index (κ3) is 2.57. The summed E-state index contributed by atoms with van der Waals surface area (Å²) in [5.74, 6) is -1.22. The lowest BCUT2D eigenvalue weighted by Gasteiger charge is -2.27. The highest BCUT2D eigenvalue weighted by Gasteiger charge is 2.23. The highest BCUT2D eigenvalue weighted by Crippen LogP contribution is 2.22. The smallest absolute Gasteiger partial charge is 0.360 e. The number of piperidine rings is 1. The number of hydrogen-bond donors (Lipinski definition) is 0. The maximum Gasteiger partial charge on any atom is 0.360 e. The number of esters is 1. The predicted molar refractivity (Wildman–Crippen MR) is 64.0 cm³/mol. The van der Waals surface area contributed by atoms with E-state index in [2.05, 4.69) is 9.97 Å². The average Bonchev–Trinajstić information content (AvgIpc) is 2.40. The van der Waals surface area contributed by atoms with E-state index in [1.807, 2.05) is 4.90 Å². The van der Waals surface area contributed by atoms with Gasteiger partial charge in [0.05, 0.1) is 6.61 Å². The molecule has 0 unspecified atom stereocenters. The summed E-state index contributed by atoms with van der Waals surface area (Å²) in [5.41, 5.74) is -0.285. The molecule has 0 N–H and O–H groups in total. The summed E-state index contributed by atoms with van der Waals surface area (Å²) in [5, 5.41) is 0. The van der Waals surface area contributed by atoms with E-state index < -0.39 is 11.8 Å². The first-order chi connectivity index (χ1) is 8.74. The highest BCUT2D eigenvalue weighted by atomic mass is 19.1. The first-order valence-corrected chi connectivity index (χ1v) is 6.16. The third-order valence-electron chi connectivity index (χ3n) is 2.90. The van der Waals surface area contributed by atoms with Gasteiger partial charge in [0.2, 0.25) is 0 Å². The SMILES string of the molecule is CCOC(=O)c1ncnc(N2CCCCC2)c1F. The number of rotatable bonds is 3. The molecule has 0 aromatic carbocycles. The summed E-state index contributed by atoms with van der Waals surface area (Å²) in [6.45, 7) is 3.39. The second-order valence-electron chi connectivity index (χ2n) is 4.13. The molecule has 98 valence electrons. The Morgan fingerprint density at radius 2 is 2.11 bits per heavy atom. The second-order valence-corrected chi connectivity index (χ2v) is 4.13. The molecule has 1 fully saturated rings. The predicted octanol–water partition coefficient (Wildman–Crippen LogP) is 1.78. The van der Waals surface area contributed by atoms with E-state index in [0.717, 1.165) is 32.4 Å². The number of ether oxygens (including phenoxy) is 1. The summed E-state index contributed by atoms with van der Waals surface area (Å²) in [6.07, 6.45) is 4.38. The number of carbonyl (C=O) groups excluding carboxylic acids is 1. The van der Waals surface area contributed by atoms with E-state index in [0.29, 0.717) is 0 Å². The van der Waals surface area contributed by atoms with Gasteiger partial charge < -0.3 is 9.64 Å². The number of nitrogens with zero attached hydrogens (tertiary/aromatic N) is 3. The van der Waals surface area contributed by atoms with E-state index in [9.17, 15) is 9.18 Å². The zero-order valence-electron chi connectivity index (χ0n) is 10.4. The van der Waals surface area contributed by atoms with Crippen LogP contribution in [0.5, 0.6) is 0 Å². The van der Waals surface area contributed by atoms with Crippen molar-refractivity contribution >= 4 is 11.8 Å². The molecule has 2 heterocycles. The molecule has 0 aliphatic carbocycles. The van der Waals surface area contributed by atoms with Crippen LogP contribution < -0.4 is 4.90 Å². The van der Waals surface area contributed by atoms with Gasteiger partial charge in [0, 0.05) is 13.1 Å². The Bertz CT molecular complexity index is 433. The number of halogens is 1. The van der Waals surface area contributed by atoms with E-state index >= 15 is 0 Å². The monoisotopic (exact) mass is 253 g/mol. The molecular formula is C12H16FN3O2. The van der Waals surface area contributed by atoms with Crippen molar-refractivity contribution in [1.82, 2.24) is 9.97 Å². The number of carbonyl (C=O) groups is 1. The average molecular weight is 253 g/mol. The van der Waals surface area contributed by atoms with Crippen molar-refractivity contribution in [3.8, 4) is 0 Å². The Hall–Kier alpha value is -1.72. The molecule has 1 aliphatic heterocycles. The first-order valence-electron chi connectivity index (χ1n) is 6.16. The lowest BCUT2D eigenvalue weighted by molar-refractivity contribution is 0.0513. The van der Waals surface area contributed by atoms with Crippen molar-refractivity contribution in [2.24, 2.45) is 0 Å². The molecule has 6 heteroatoms. The lowest BCUT2D eigenvalue weighted by Crippen LogP contribution is -2.31. The first kappa shape index (κ1) is 12.7. The Morgan fingerprint density at radius 3 is 2.78 bits per heavy atom. The summed E-state index contributed by atoms with van der Waals surface area (Å²) < 4.78 is 18.9. The minimum atomic E-state index is -0.740. The molecular weight excluding hydrogens is 237 g/mol. The van der Waals surface area contributed by atoms with Gasteiger partial charge in [-0.3, -0.25) is 0 Å². The van der Waals surface area contributed by atoms with Crippen molar-refractivity contribution < 1.29 is 13.9 Å². The molecule has 0 radical (unpaired) electrons. The van der Waals surface area contributed by atoms with Gasteiger partial charge in [-0.2, -0.15) is 0 Å². The van der Waals surface area contributed by atoms with Gasteiger partial charge in [-0.25, -0.2) is 19.2 Å². The largest absolute Gasteiger partial charge is 0.461 e. The van der Waals surface area contributed by atoms with E-state index in [1.54, 1.807) is 6.92 Å². The maximum absolute atomic E-state index is 14.2. The lowest BCUT2D eigenvalue weighted by atomic mass is 10.1. The molecule has 0 atom stereocenters. The Morgan fingerprint density at radius 1 is 1.39 bits per heavy atom. The van der Waals surface area contributed by atoms with Crippen molar-refractivity contribution in [2.75, 3.05) is 24.6 Å². The second kappa shape index (κ2) is 5.75. The molecule has 1 aromatic heterocycles. The number of hydrogen-bond acceptors (Lipinski definition) is 5. The van der Waals surface area contributed by atoms with E-state index in [-0.39, 0.29) is 18.1 Å². The minimum absolute atomic E-state index is 0.196. The van der Waals surface area contributed by atoms with E-state index in [4.69, 9.17) is 4.74 Å². The zero-order chi connectivity index (χ0) is 13.0. The summed E-state index contributed by atoms with van der Waals surface area (Å²) in [7, 11) is 0. The molecule has 2 rings (SSSR count). The van der Waals surface area contributed by atoms with Crippen LogP contribution >= 0.6 is 0 Å². The van der Waals surface area contributed by atoms with Crippen molar-refractivity contribution in [3.63, 3.8) is 0 Å². The third-order valence-corrected chi connectivity index (χ3v) is 2.90. The van der Waals surface area contributed by atoms with Gasteiger partial charge in [-0.1, -0.05) is 0 Å². The molecule has 0 saturated carbocycles. The molecule has 0 spiro atoms. The van der Waals surface area contributed by atoms with E-state index in [1.165, 1.54) is 6.33 Å².